The Hall–Kier alpha value is -1.82. The van der Waals surface area contributed by atoms with Crippen LogP contribution in [0.5, 0.6) is 0 Å². The zero-order valence-electron chi connectivity index (χ0n) is 7.98. The van der Waals surface area contributed by atoms with Crippen molar-refractivity contribution >= 4 is 29.0 Å². The Morgan fingerprint density at radius 2 is 1.71 bits per heavy atom. The molecule has 88 valence electrons. The van der Waals surface area contributed by atoms with E-state index in [4.69, 9.17) is 11.6 Å². The predicted molar refractivity (Wildman–Crippen MR) is 52.2 cm³/mol. The highest BCUT2D eigenvalue weighted by Gasteiger charge is 2.32. The summed E-state index contributed by atoms with van der Waals surface area (Å²) >= 11 is 5.47. The topological polar surface area (TPSA) is 46.2 Å². The van der Waals surface area contributed by atoms with Crippen molar-refractivity contribution in [1.82, 2.24) is 5.32 Å². The molecule has 1 heterocycles. The van der Waals surface area contributed by atoms with Crippen molar-refractivity contribution in [2.75, 3.05) is 0 Å². The number of imide groups is 1. The number of amides is 2. The van der Waals surface area contributed by atoms with Crippen LogP contribution in [0.3, 0.4) is 0 Å². The summed E-state index contributed by atoms with van der Waals surface area (Å²) in [4.78, 5) is 22.3. The van der Waals surface area contributed by atoms with Crippen molar-refractivity contribution in [3.8, 4) is 0 Å². The van der Waals surface area contributed by atoms with Gasteiger partial charge in [-0.3, -0.25) is 14.9 Å². The smallest absolute Gasteiger partial charge is 0.270 e. The van der Waals surface area contributed by atoms with Gasteiger partial charge in [-0.15, -0.1) is 0 Å². The Balaban J connectivity index is 2.70. The molecular formula is C10H3ClF3NO2. The monoisotopic (exact) mass is 261 g/mol. The maximum Gasteiger partial charge on any atom is 0.270 e. The van der Waals surface area contributed by atoms with E-state index in [-0.39, 0.29) is 0 Å². The fraction of sp³-hybridized carbons (Fsp3) is 0. The van der Waals surface area contributed by atoms with Crippen LogP contribution in [0.4, 0.5) is 13.2 Å². The molecular weight excluding hydrogens is 259 g/mol. The number of benzene rings is 1. The summed E-state index contributed by atoms with van der Waals surface area (Å²) in [6, 6.07) is 0.913. The molecule has 0 radical (unpaired) electrons. The number of hydrogen-bond acceptors (Lipinski definition) is 2. The summed E-state index contributed by atoms with van der Waals surface area (Å²) in [5.74, 6) is -5.92. The van der Waals surface area contributed by atoms with Crippen LogP contribution < -0.4 is 5.32 Å². The maximum atomic E-state index is 13.4. The van der Waals surface area contributed by atoms with Crippen molar-refractivity contribution in [3.05, 3.63) is 40.2 Å². The quantitative estimate of drug-likeness (QED) is 0.618. The van der Waals surface area contributed by atoms with Crippen molar-refractivity contribution in [1.29, 1.82) is 0 Å². The fourth-order valence-electron chi connectivity index (χ4n) is 1.41. The third-order valence-corrected chi connectivity index (χ3v) is 2.50. The van der Waals surface area contributed by atoms with E-state index in [1.165, 1.54) is 0 Å². The van der Waals surface area contributed by atoms with Gasteiger partial charge in [-0.25, -0.2) is 13.2 Å². The summed E-state index contributed by atoms with van der Waals surface area (Å²) in [6.45, 7) is 0. The van der Waals surface area contributed by atoms with E-state index in [0.29, 0.717) is 12.1 Å². The molecule has 0 saturated heterocycles. The van der Waals surface area contributed by atoms with Gasteiger partial charge in [0.25, 0.3) is 11.8 Å². The van der Waals surface area contributed by atoms with Gasteiger partial charge in [0, 0.05) is 11.6 Å². The highest BCUT2D eigenvalue weighted by Crippen LogP contribution is 2.29. The average molecular weight is 262 g/mol. The summed E-state index contributed by atoms with van der Waals surface area (Å²) in [5, 5.41) is 1.19. The van der Waals surface area contributed by atoms with Gasteiger partial charge in [-0.1, -0.05) is 11.6 Å². The van der Waals surface area contributed by atoms with E-state index >= 15 is 0 Å². The predicted octanol–water partition coefficient (Wildman–Crippen LogP) is 1.71. The van der Waals surface area contributed by atoms with Crippen molar-refractivity contribution < 1.29 is 22.8 Å². The third kappa shape index (κ3) is 1.80. The highest BCUT2D eigenvalue weighted by molar-refractivity contribution is 6.55. The molecule has 0 spiro atoms. The fourth-order valence-corrected chi connectivity index (χ4v) is 1.65. The van der Waals surface area contributed by atoms with Crippen molar-refractivity contribution in [3.63, 3.8) is 0 Å². The van der Waals surface area contributed by atoms with Crippen LogP contribution in [0.15, 0.2) is 17.2 Å². The lowest BCUT2D eigenvalue weighted by atomic mass is 10.1. The van der Waals surface area contributed by atoms with Gasteiger partial charge < -0.3 is 0 Å². The first-order valence-electron chi connectivity index (χ1n) is 4.32. The summed E-state index contributed by atoms with van der Waals surface area (Å²) in [5.41, 5.74) is -1.26. The lowest BCUT2D eigenvalue weighted by molar-refractivity contribution is -0.123. The van der Waals surface area contributed by atoms with Gasteiger partial charge in [-0.05, 0) is 6.07 Å². The summed E-state index contributed by atoms with van der Waals surface area (Å²) < 4.78 is 39.3. The Bertz CT molecular complexity index is 583. The third-order valence-electron chi connectivity index (χ3n) is 2.14. The molecule has 0 unspecified atom stereocenters. The first-order valence-corrected chi connectivity index (χ1v) is 4.70. The summed E-state index contributed by atoms with van der Waals surface area (Å²) in [7, 11) is 0. The largest absolute Gasteiger partial charge is 0.287 e. The van der Waals surface area contributed by atoms with Crippen LogP contribution in [0.1, 0.15) is 5.56 Å². The molecule has 0 aliphatic carbocycles. The summed E-state index contributed by atoms with van der Waals surface area (Å²) in [6.07, 6.45) is 0. The molecule has 1 aromatic rings. The number of hydrogen-bond donors (Lipinski definition) is 1. The lowest BCUT2D eigenvalue weighted by Gasteiger charge is -2.04. The highest BCUT2D eigenvalue weighted by atomic mass is 35.5. The van der Waals surface area contributed by atoms with E-state index in [1.807, 2.05) is 0 Å². The van der Waals surface area contributed by atoms with Gasteiger partial charge in [0.1, 0.15) is 10.8 Å². The molecule has 2 amide bonds. The number of nitrogens with one attached hydrogen (secondary N) is 1. The molecule has 1 aliphatic rings. The van der Waals surface area contributed by atoms with Crippen LogP contribution in [-0.2, 0) is 9.59 Å². The zero-order valence-corrected chi connectivity index (χ0v) is 8.74. The Morgan fingerprint density at radius 1 is 1.06 bits per heavy atom. The lowest BCUT2D eigenvalue weighted by Crippen LogP contribution is -2.22. The molecule has 0 fully saturated rings. The van der Waals surface area contributed by atoms with Gasteiger partial charge in [0.2, 0.25) is 0 Å². The molecule has 3 nitrogen and oxygen atoms in total. The minimum Gasteiger partial charge on any atom is -0.287 e. The minimum absolute atomic E-state index is 0.321. The molecule has 0 aromatic heterocycles. The maximum absolute atomic E-state index is 13.4. The van der Waals surface area contributed by atoms with E-state index in [1.54, 1.807) is 5.32 Å². The molecule has 2 rings (SSSR count). The molecule has 7 heteroatoms. The van der Waals surface area contributed by atoms with E-state index in [9.17, 15) is 22.8 Å². The molecule has 0 saturated carbocycles. The Labute approximate surface area is 97.9 Å². The number of carbonyl (C=O) groups is 2. The van der Waals surface area contributed by atoms with Gasteiger partial charge in [0.15, 0.2) is 11.6 Å². The molecule has 1 aliphatic heterocycles. The molecule has 1 aromatic carbocycles. The SMILES string of the molecule is O=C1NC(=O)C(c2cc(F)cc(F)c2F)=C1Cl. The standard InChI is InChI=1S/C10H3ClF3NO2/c11-7-6(9(16)15-10(7)17)4-1-3(12)2-5(13)8(4)14/h1-2H,(H,15,16,17). The van der Waals surface area contributed by atoms with Crippen LogP contribution in [0.25, 0.3) is 5.57 Å². The second-order valence-electron chi connectivity index (χ2n) is 3.22. The van der Waals surface area contributed by atoms with Crippen molar-refractivity contribution in [2.45, 2.75) is 0 Å². The van der Waals surface area contributed by atoms with Crippen LogP contribution in [0.2, 0.25) is 0 Å². The number of carbonyl (C=O) groups excluding carboxylic acids is 2. The van der Waals surface area contributed by atoms with E-state index in [2.05, 4.69) is 0 Å². The van der Waals surface area contributed by atoms with E-state index in [0.717, 1.165) is 0 Å². The van der Waals surface area contributed by atoms with Crippen LogP contribution in [-0.4, -0.2) is 11.8 Å². The van der Waals surface area contributed by atoms with Gasteiger partial charge >= 0.3 is 0 Å². The molecule has 0 bridgehead atoms. The number of halogens is 4. The first kappa shape index (κ1) is 11.7. The Morgan fingerprint density at radius 3 is 2.24 bits per heavy atom. The zero-order chi connectivity index (χ0) is 12.7. The second-order valence-corrected chi connectivity index (χ2v) is 3.60. The van der Waals surface area contributed by atoms with Crippen LogP contribution >= 0.6 is 11.6 Å². The molecule has 0 atom stereocenters. The van der Waals surface area contributed by atoms with E-state index < -0.39 is 45.4 Å². The Kier molecular flexibility index (Phi) is 2.66. The molecule has 17 heavy (non-hydrogen) atoms. The van der Waals surface area contributed by atoms with Gasteiger partial charge in [0.05, 0.1) is 5.57 Å². The minimum atomic E-state index is -1.47. The van der Waals surface area contributed by atoms with Crippen LogP contribution in [0, 0.1) is 17.5 Å². The second kappa shape index (κ2) is 3.89. The first-order chi connectivity index (χ1) is 7.91. The average Bonchev–Trinajstić information content (AvgIpc) is 2.48. The van der Waals surface area contributed by atoms with Gasteiger partial charge in [-0.2, -0.15) is 0 Å². The normalized spacial score (nSPS) is 15.5. The molecule has 1 N–H and O–H groups in total. The van der Waals surface area contributed by atoms with Crippen molar-refractivity contribution in [2.24, 2.45) is 0 Å². The number of rotatable bonds is 1.